The van der Waals surface area contributed by atoms with E-state index < -0.39 is 12.7 Å². The van der Waals surface area contributed by atoms with Crippen molar-refractivity contribution >= 4 is 5.91 Å². The molecule has 1 aromatic heterocycles. The van der Waals surface area contributed by atoms with Gasteiger partial charge in [0.2, 0.25) is 5.91 Å². The van der Waals surface area contributed by atoms with Crippen LogP contribution < -0.4 is 5.32 Å². The van der Waals surface area contributed by atoms with Gasteiger partial charge in [0.05, 0.1) is 12.1 Å². The SMILES string of the molecule is Cc1nn(CC(F)(F)F)c(C)c1CC(=O)N[C@H]1CCC[C@@H]1CO. The lowest BCUT2D eigenvalue weighted by Crippen LogP contribution is -2.39. The molecule has 1 amide bonds. The molecule has 130 valence electrons. The largest absolute Gasteiger partial charge is 0.408 e. The van der Waals surface area contributed by atoms with Gasteiger partial charge in [-0.25, -0.2) is 0 Å². The highest BCUT2D eigenvalue weighted by atomic mass is 19.4. The minimum Gasteiger partial charge on any atom is -0.396 e. The van der Waals surface area contributed by atoms with Gasteiger partial charge in [0.15, 0.2) is 0 Å². The van der Waals surface area contributed by atoms with Gasteiger partial charge < -0.3 is 10.4 Å². The van der Waals surface area contributed by atoms with Crippen LogP contribution in [-0.4, -0.2) is 39.6 Å². The summed E-state index contributed by atoms with van der Waals surface area (Å²) >= 11 is 0. The molecule has 5 nitrogen and oxygen atoms in total. The van der Waals surface area contributed by atoms with Crippen LogP contribution in [0, 0.1) is 19.8 Å². The monoisotopic (exact) mass is 333 g/mol. The summed E-state index contributed by atoms with van der Waals surface area (Å²) < 4.78 is 38.4. The predicted octanol–water partition coefficient (Wildman–Crippen LogP) is 1.88. The molecule has 0 radical (unpaired) electrons. The molecule has 1 fully saturated rings. The normalized spacial score (nSPS) is 21.7. The summed E-state index contributed by atoms with van der Waals surface area (Å²) in [4.78, 5) is 12.2. The van der Waals surface area contributed by atoms with Gasteiger partial charge in [-0.1, -0.05) is 6.42 Å². The Morgan fingerprint density at radius 1 is 1.39 bits per heavy atom. The number of amides is 1. The zero-order chi connectivity index (χ0) is 17.2. The van der Waals surface area contributed by atoms with E-state index >= 15 is 0 Å². The predicted molar refractivity (Wildman–Crippen MR) is 77.8 cm³/mol. The number of carbonyl (C=O) groups excluding carboxylic acids is 1. The fourth-order valence-electron chi connectivity index (χ4n) is 3.18. The molecule has 1 heterocycles. The third kappa shape index (κ3) is 4.46. The lowest BCUT2D eigenvalue weighted by molar-refractivity contribution is -0.143. The number of rotatable bonds is 5. The van der Waals surface area contributed by atoms with Crippen molar-refractivity contribution in [1.29, 1.82) is 0 Å². The van der Waals surface area contributed by atoms with Gasteiger partial charge in [-0.05, 0) is 26.7 Å². The Bertz CT molecular complexity index is 569. The van der Waals surface area contributed by atoms with Gasteiger partial charge in [0.25, 0.3) is 0 Å². The molecule has 2 N–H and O–H groups in total. The average molecular weight is 333 g/mol. The zero-order valence-electron chi connectivity index (χ0n) is 13.3. The maximum absolute atomic E-state index is 12.5. The molecule has 1 aromatic rings. The van der Waals surface area contributed by atoms with Crippen molar-refractivity contribution in [3.05, 3.63) is 17.0 Å². The van der Waals surface area contributed by atoms with Crippen molar-refractivity contribution in [1.82, 2.24) is 15.1 Å². The number of alkyl halides is 3. The summed E-state index contributed by atoms with van der Waals surface area (Å²) in [5, 5.41) is 16.0. The Hall–Kier alpha value is -1.57. The summed E-state index contributed by atoms with van der Waals surface area (Å²) in [5.74, 6) is -0.179. The molecule has 0 aromatic carbocycles. The number of aryl methyl sites for hydroxylation is 1. The summed E-state index contributed by atoms with van der Waals surface area (Å²) in [6, 6.07) is -0.0571. The van der Waals surface area contributed by atoms with E-state index in [-0.39, 0.29) is 30.9 Å². The zero-order valence-corrected chi connectivity index (χ0v) is 13.3. The van der Waals surface area contributed by atoms with Gasteiger partial charge in [0, 0.05) is 29.8 Å². The fourth-order valence-corrected chi connectivity index (χ4v) is 3.18. The number of carbonyl (C=O) groups is 1. The minimum absolute atomic E-state index is 0.00414. The first-order chi connectivity index (χ1) is 10.7. The maximum Gasteiger partial charge on any atom is 0.408 e. The van der Waals surface area contributed by atoms with E-state index in [0.29, 0.717) is 17.0 Å². The standard InChI is InChI=1S/C15H22F3N3O2/c1-9-12(10(2)21(20-9)8-15(16,17)18)6-14(23)19-13-5-3-4-11(13)7-22/h11,13,22H,3-8H2,1-2H3,(H,19,23)/t11-,13+/m1/s1. The molecule has 2 atom stereocenters. The van der Waals surface area contributed by atoms with Crippen molar-refractivity contribution in [2.24, 2.45) is 5.92 Å². The Morgan fingerprint density at radius 3 is 2.70 bits per heavy atom. The summed E-state index contributed by atoms with van der Waals surface area (Å²) in [5.41, 5.74) is 1.33. The van der Waals surface area contributed by atoms with E-state index in [0.717, 1.165) is 23.9 Å². The van der Waals surface area contributed by atoms with Crippen LogP contribution in [0.4, 0.5) is 13.2 Å². The quantitative estimate of drug-likeness (QED) is 0.865. The second kappa shape index (κ2) is 6.90. The van der Waals surface area contributed by atoms with Crippen LogP contribution in [0.3, 0.4) is 0 Å². The van der Waals surface area contributed by atoms with Crippen LogP contribution in [0.1, 0.15) is 36.2 Å². The highest BCUT2D eigenvalue weighted by Crippen LogP contribution is 2.25. The van der Waals surface area contributed by atoms with E-state index in [9.17, 15) is 23.1 Å². The van der Waals surface area contributed by atoms with Crippen LogP contribution in [0.25, 0.3) is 0 Å². The van der Waals surface area contributed by atoms with Gasteiger partial charge >= 0.3 is 6.18 Å². The number of aromatic nitrogens is 2. The molecule has 0 unspecified atom stereocenters. The summed E-state index contributed by atoms with van der Waals surface area (Å²) in [6.45, 7) is 2.03. The third-order valence-corrected chi connectivity index (χ3v) is 4.44. The van der Waals surface area contributed by atoms with Crippen molar-refractivity contribution in [3.63, 3.8) is 0 Å². The molecule has 0 bridgehead atoms. The first kappa shape index (κ1) is 17.8. The van der Waals surface area contributed by atoms with E-state index in [4.69, 9.17) is 0 Å². The van der Waals surface area contributed by atoms with Crippen LogP contribution >= 0.6 is 0 Å². The van der Waals surface area contributed by atoms with Crippen molar-refractivity contribution in [2.45, 2.75) is 58.3 Å². The number of halogens is 3. The average Bonchev–Trinajstić information content (AvgIpc) is 2.97. The second-order valence-corrected chi connectivity index (χ2v) is 6.15. The lowest BCUT2D eigenvalue weighted by Gasteiger charge is -2.19. The van der Waals surface area contributed by atoms with Crippen molar-refractivity contribution in [2.75, 3.05) is 6.61 Å². The number of nitrogens with one attached hydrogen (secondary N) is 1. The Morgan fingerprint density at radius 2 is 2.09 bits per heavy atom. The highest BCUT2D eigenvalue weighted by molar-refractivity contribution is 5.79. The molecule has 0 saturated heterocycles. The molecule has 2 rings (SSSR count). The molecule has 0 aliphatic heterocycles. The topological polar surface area (TPSA) is 67.2 Å². The molecule has 23 heavy (non-hydrogen) atoms. The Labute approximate surface area is 132 Å². The van der Waals surface area contributed by atoms with Crippen LogP contribution in [0.5, 0.6) is 0 Å². The lowest BCUT2D eigenvalue weighted by atomic mass is 10.0. The summed E-state index contributed by atoms with van der Waals surface area (Å²) in [7, 11) is 0. The molecule has 1 saturated carbocycles. The van der Waals surface area contributed by atoms with E-state index in [1.165, 1.54) is 0 Å². The Balaban J connectivity index is 2.03. The molecular weight excluding hydrogens is 311 g/mol. The Kier molecular flexibility index (Phi) is 5.33. The number of hydrogen-bond donors (Lipinski definition) is 2. The van der Waals surface area contributed by atoms with E-state index in [1.807, 2.05) is 0 Å². The number of hydrogen-bond acceptors (Lipinski definition) is 3. The van der Waals surface area contributed by atoms with Crippen molar-refractivity contribution in [3.8, 4) is 0 Å². The van der Waals surface area contributed by atoms with Gasteiger partial charge in [-0.2, -0.15) is 18.3 Å². The number of nitrogens with zero attached hydrogens (tertiary/aromatic N) is 2. The number of aliphatic hydroxyl groups excluding tert-OH is 1. The third-order valence-electron chi connectivity index (χ3n) is 4.44. The van der Waals surface area contributed by atoms with E-state index in [1.54, 1.807) is 13.8 Å². The van der Waals surface area contributed by atoms with Gasteiger partial charge in [0.1, 0.15) is 6.54 Å². The van der Waals surface area contributed by atoms with E-state index in [2.05, 4.69) is 10.4 Å². The minimum atomic E-state index is -4.35. The molecule has 0 spiro atoms. The van der Waals surface area contributed by atoms with Crippen molar-refractivity contribution < 1.29 is 23.1 Å². The molecule has 1 aliphatic carbocycles. The highest BCUT2D eigenvalue weighted by Gasteiger charge is 2.31. The molecule has 1 aliphatic rings. The molecular formula is C15H22F3N3O2. The van der Waals surface area contributed by atoms with Gasteiger partial charge in [-0.3, -0.25) is 9.48 Å². The fraction of sp³-hybridized carbons (Fsp3) is 0.733. The smallest absolute Gasteiger partial charge is 0.396 e. The van der Waals surface area contributed by atoms with Crippen LogP contribution in [0.2, 0.25) is 0 Å². The first-order valence-corrected chi connectivity index (χ1v) is 7.71. The summed E-state index contributed by atoms with van der Waals surface area (Å²) in [6.07, 6.45) is -1.69. The second-order valence-electron chi connectivity index (χ2n) is 6.15. The van der Waals surface area contributed by atoms with Gasteiger partial charge in [-0.15, -0.1) is 0 Å². The first-order valence-electron chi connectivity index (χ1n) is 7.71. The molecule has 8 heteroatoms. The van der Waals surface area contributed by atoms with Crippen LogP contribution in [0.15, 0.2) is 0 Å². The maximum atomic E-state index is 12.5. The van der Waals surface area contributed by atoms with Crippen LogP contribution in [-0.2, 0) is 17.8 Å². The number of aliphatic hydroxyl groups is 1.